The molecule has 0 fully saturated rings. The molecule has 0 aliphatic carbocycles. The van der Waals surface area contributed by atoms with Crippen molar-refractivity contribution in [2.24, 2.45) is 5.92 Å². The normalized spacial score (nSPS) is 11.7. The maximum atomic E-state index is 13.0. The Morgan fingerprint density at radius 3 is 2.41 bits per heavy atom. The van der Waals surface area contributed by atoms with Crippen LogP contribution in [-0.4, -0.2) is 49.9 Å². The van der Waals surface area contributed by atoms with Crippen LogP contribution in [0.3, 0.4) is 0 Å². The number of carbonyl (C=O) groups excluding carboxylic acids is 1. The monoisotopic (exact) mass is 466 g/mol. The summed E-state index contributed by atoms with van der Waals surface area (Å²) in [7, 11) is -2.28. The molecule has 1 amide bonds. The number of rotatable bonds is 10. The molecular formula is C21H30N4O6S. The van der Waals surface area contributed by atoms with Gasteiger partial charge >= 0.3 is 5.69 Å². The Morgan fingerprint density at radius 2 is 1.84 bits per heavy atom. The lowest BCUT2D eigenvalue weighted by molar-refractivity contribution is -0.118. The van der Waals surface area contributed by atoms with Gasteiger partial charge in [0, 0.05) is 26.6 Å². The van der Waals surface area contributed by atoms with E-state index in [1.807, 2.05) is 20.8 Å². The number of H-pyrrole nitrogens is 1. The van der Waals surface area contributed by atoms with Crippen molar-refractivity contribution in [3.05, 3.63) is 50.7 Å². The maximum Gasteiger partial charge on any atom is 0.330 e. The zero-order valence-corrected chi connectivity index (χ0v) is 19.6. The number of nitrogens with zero attached hydrogens (tertiary/aromatic N) is 2. The highest BCUT2D eigenvalue weighted by molar-refractivity contribution is 7.91. The van der Waals surface area contributed by atoms with Crippen LogP contribution < -0.4 is 21.9 Å². The average Bonchev–Trinajstić information content (AvgIpc) is 2.72. The lowest BCUT2D eigenvalue weighted by Crippen LogP contribution is -2.43. The zero-order chi connectivity index (χ0) is 24.1. The van der Waals surface area contributed by atoms with Crippen LogP contribution in [0.25, 0.3) is 0 Å². The molecule has 1 heterocycles. The molecule has 10 nitrogen and oxygen atoms in total. The number of benzene rings is 1. The first-order valence-electron chi connectivity index (χ1n) is 10.2. The standard InChI is InChI=1S/C21H30N4O6S/c1-14(2)13-25-19(22)18(20(27)23-21(25)28)24(10-11-31-4)17(26)9-12-32(29,30)16-7-5-15(3)6-8-16/h5-8,14H,9-13,22H2,1-4H3,(H,23,27,28). The molecule has 2 rings (SSSR count). The minimum absolute atomic E-state index is 0.0346. The van der Waals surface area contributed by atoms with Gasteiger partial charge in [-0.05, 0) is 25.0 Å². The van der Waals surface area contributed by atoms with Gasteiger partial charge in [-0.15, -0.1) is 0 Å². The molecule has 176 valence electrons. The Kier molecular flexibility index (Phi) is 8.39. The van der Waals surface area contributed by atoms with Crippen LogP contribution >= 0.6 is 0 Å². The highest BCUT2D eigenvalue weighted by atomic mass is 32.2. The minimum atomic E-state index is -3.71. The van der Waals surface area contributed by atoms with Gasteiger partial charge in [0.25, 0.3) is 5.56 Å². The molecule has 0 saturated heterocycles. The number of hydrogen-bond acceptors (Lipinski definition) is 7. The summed E-state index contributed by atoms with van der Waals surface area (Å²) < 4.78 is 31.5. The Morgan fingerprint density at radius 1 is 1.22 bits per heavy atom. The molecule has 3 N–H and O–H groups in total. The van der Waals surface area contributed by atoms with Crippen LogP contribution in [0.1, 0.15) is 25.8 Å². The predicted molar refractivity (Wildman–Crippen MR) is 123 cm³/mol. The second kappa shape index (κ2) is 10.6. The second-order valence-corrected chi connectivity index (χ2v) is 10.0. The van der Waals surface area contributed by atoms with Crippen LogP contribution in [0.15, 0.2) is 38.8 Å². The van der Waals surface area contributed by atoms with Gasteiger partial charge in [0.15, 0.2) is 15.5 Å². The number of ether oxygens (including phenoxy) is 1. The van der Waals surface area contributed by atoms with Crippen molar-refractivity contribution in [3.63, 3.8) is 0 Å². The summed E-state index contributed by atoms with van der Waals surface area (Å²) in [6, 6.07) is 6.33. The van der Waals surface area contributed by atoms with E-state index in [0.29, 0.717) is 0 Å². The van der Waals surface area contributed by atoms with Gasteiger partial charge in [-0.1, -0.05) is 31.5 Å². The lowest BCUT2D eigenvalue weighted by Gasteiger charge is -2.24. The summed E-state index contributed by atoms with van der Waals surface area (Å²) in [6.45, 7) is 5.88. The molecule has 1 aromatic heterocycles. The van der Waals surface area contributed by atoms with Gasteiger partial charge < -0.3 is 15.4 Å². The van der Waals surface area contributed by atoms with Crippen LogP contribution in [0.2, 0.25) is 0 Å². The van der Waals surface area contributed by atoms with Crippen LogP contribution in [-0.2, 0) is 25.9 Å². The van der Waals surface area contributed by atoms with Crippen molar-refractivity contribution in [1.29, 1.82) is 0 Å². The van der Waals surface area contributed by atoms with E-state index in [9.17, 15) is 22.8 Å². The molecular weight excluding hydrogens is 436 g/mol. The molecule has 0 spiro atoms. The number of aromatic nitrogens is 2. The third kappa shape index (κ3) is 6.07. The van der Waals surface area contributed by atoms with Crippen molar-refractivity contribution in [3.8, 4) is 0 Å². The SMILES string of the molecule is COCCN(C(=O)CCS(=O)(=O)c1ccc(C)cc1)c1c(N)n(CC(C)C)c(=O)[nH]c1=O. The highest BCUT2D eigenvalue weighted by Crippen LogP contribution is 2.20. The second-order valence-electron chi connectivity index (χ2n) is 7.92. The lowest BCUT2D eigenvalue weighted by atomic mass is 10.2. The number of hydrogen-bond donors (Lipinski definition) is 2. The van der Waals surface area contributed by atoms with Crippen molar-refractivity contribution in [2.45, 2.75) is 38.6 Å². The fraction of sp³-hybridized carbons (Fsp3) is 0.476. The number of sulfone groups is 1. The topological polar surface area (TPSA) is 145 Å². The maximum absolute atomic E-state index is 13.0. The molecule has 0 radical (unpaired) electrons. The van der Waals surface area contributed by atoms with E-state index in [1.165, 1.54) is 23.8 Å². The number of aromatic amines is 1. The largest absolute Gasteiger partial charge is 0.383 e. The number of nitrogens with one attached hydrogen (secondary N) is 1. The van der Waals surface area contributed by atoms with Crippen molar-refractivity contribution >= 4 is 27.2 Å². The molecule has 0 atom stereocenters. The van der Waals surface area contributed by atoms with E-state index >= 15 is 0 Å². The fourth-order valence-electron chi connectivity index (χ4n) is 3.15. The third-order valence-corrected chi connectivity index (χ3v) is 6.55. The Bertz CT molecular complexity index is 1170. The summed E-state index contributed by atoms with van der Waals surface area (Å²) in [4.78, 5) is 41.2. The van der Waals surface area contributed by atoms with Gasteiger partial charge in [-0.2, -0.15) is 0 Å². The molecule has 11 heteroatoms. The number of nitrogen functional groups attached to an aromatic ring is 1. The molecule has 2 aromatic rings. The molecule has 0 saturated carbocycles. The van der Waals surface area contributed by atoms with E-state index in [1.54, 1.807) is 12.1 Å². The van der Waals surface area contributed by atoms with Crippen molar-refractivity contribution in [2.75, 3.05) is 36.6 Å². The average molecular weight is 467 g/mol. The smallest absolute Gasteiger partial charge is 0.330 e. The molecule has 0 unspecified atom stereocenters. The van der Waals surface area contributed by atoms with Gasteiger partial charge in [0.2, 0.25) is 5.91 Å². The van der Waals surface area contributed by atoms with Crippen molar-refractivity contribution < 1.29 is 17.9 Å². The van der Waals surface area contributed by atoms with Crippen LogP contribution in [0.5, 0.6) is 0 Å². The van der Waals surface area contributed by atoms with Gasteiger partial charge in [0.05, 0.1) is 17.3 Å². The third-order valence-electron chi connectivity index (χ3n) is 4.82. The number of carbonyl (C=O) groups is 1. The molecule has 0 aliphatic rings. The molecule has 0 bridgehead atoms. The van der Waals surface area contributed by atoms with Gasteiger partial charge in [0.1, 0.15) is 5.82 Å². The Hall–Kier alpha value is -2.92. The summed E-state index contributed by atoms with van der Waals surface area (Å²) in [6.07, 6.45) is -0.373. The highest BCUT2D eigenvalue weighted by Gasteiger charge is 2.26. The Labute approximate surface area is 186 Å². The zero-order valence-electron chi connectivity index (χ0n) is 18.8. The number of aryl methyl sites for hydroxylation is 1. The first-order valence-corrected chi connectivity index (χ1v) is 11.8. The number of methoxy groups -OCH3 is 1. The first-order chi connectivity index (χ1) is 15.0. The van der Waals surface area contributed by atoms with Gasteiger partial charge in [-0.25, -0.2) is 13.2 Å². The first kappa shape index (κ1) is 25.3. The molecule has 32 heavy (non-hydrogen) atoms. The van der Waals surface area contributed by atoms with E-state index in [0.717, 1.165) is 10.5 Å². The van der Waals surface area contributed by atoms with E-state index in [-0.39, 0.29) is 48.4 Å². The van der Waals surface area contributed by atoms with E-state index < -0.39 is 32.7 Å². The van der Waals surface area contributed by atoms with Gasteiger partial charge in [-0.3, -0.25) is 19.1 Å². The number of amides is 1. The number of anilines is 2. The number of nitrogens with two attached hydrogens (primary N) is 1. The van der Waals surface area contributed by atoms with Crippen LogP contribution in [0.4, 0.5) is 11.5 Å². The summed E-state index contributed by atoms with van der Waals surface area (Å²) >= 11 is 0. The van der Waals surface area contributed by atoms with Crippen LogP contribution in [0, 0.1) is 12.8 Å². The molecule has 0 aliphatic heterocycles. The fourth-order valence-corrected chi connectivity index (χ4v) is 4.38. The van der Waals surface area contributed by atoms with Crippen molar-refractivity contribution in [1.82, 2.24) is 9.55 Å². The summed E-state index contributed by atoms with van der Waals surface area (Å²) in [5.41, 5.74) is 5.34. The van der Waals surface area contributed by atoms with E-state index in [4.69, 9.17) is 10.5 Å². The summed E-state index contributed by atoms with van der Waals surface area (Å²) in [5.74, 6) is -1.17. The van der Waals surface area contributed by atoms with E-state index in [2.05, 4.69) is 4.98 Å². The predicted octanol–water partition coefficient (Wildman–Crippen LogP) is 0.927. The molecule has 1 aromatic carbocycles. The Balaban J connectivity index is 2.38. The summed E-state index contributed by atoms with van der Waals surface area (Å²) in [5, 5.41) is 0. The minimum Gasteiger partial charge on any atom is -0.383 e. The quantitative estimate of drug-likeness (QED) is 0.530.